The number of primary amides is 1. The van der Waals surface area contributed by atoms with E-state index < -0.39 is 17.6 Å². The molecule has 0 radical (unpaired) electrons. The highest BCUT2D eigenvalue weighted by atomic mass is 19.1. The lowest BCUT2D eigenvalue weighted by molar-refractivity contribution is -0.119. The Hall–Kier alpha value is -1.42. The fraction of sp³-hybridized carbons (Fsp3) is 0.222. The van der Waals surface area contributed by atoms with Crippen LogP contribution in [0, 0.1) is 5.82 Å². The molecule has 1 amide bonds. The molecular weight excluding hydrogens is 171 g/mol. The minimum Gasteiger partial charge on any atom is -0.369 e. The van der Waals surface area contributed by atoms with E-state index >= 15 is 0 Å². The van der Waals surface area contributed by atoms with Crippen molar-refractivity contribution in [1.82, 2.24) is 0 Å². The van der Waals surface area contributed by atoms with E-state index in [0.717, 1.165) is 0 Å². The Kier molecular flexibility index (Phi) is 2.97. The first-order chi connectivity index (χ1) is 6.15. The van der Waals surface area contributed by atoms with Crippen LogP contribution in [0.3, 0.4) is 0 Å². The van der Waals surface area contributed by atoms with E-state index in [1.165, 1.54) is 18.2 Å². The predicted molar refractivity (Wildman–Crippen MR) is 47.4 cm³/mol. The summed E-state index contributed by atoms with van der Waals surface area (Å²) in [6.45, 7) is 0.0960. The average molecular weight is 182 g/mol. The van der Waals surface area contributed by atoms with Crippen molar-refractivity contribution in [3.05, 3.63) is 35.6 Å². The highest BCUT2D eigenvalue weighted by Gasteiger charge is 2.15. The molecule has 4 heteroatoms. The average Bonchev–Trinajstić information content (AvgIpc) is 2.04. The first kappa shape index (κ1) is 9.67. The molecule has 0 fully saturated rings. The molecule has 0 spiro atoms. The number of rotatable bonds is 3. The molecule has 0 bridgehead atoms. The fourth-order valence-corrected chi connectivity index (χ4v) is 1.14. The quantitative estimate of drug-likeness (QED) is 0.708. The van der Waals surface area contributed by atoms with Crippen molar-refractivity contribution in [3.8, 4) is 0 Å². The van der Waals surface area contributed by atoms with Gasteiger partial charge in [0.25, 0.3) is 0 Å². The van der Waals surface area contributed by atoms with Crippen LogP contribution in [0.4, 0.5) is 4.39 Å². The van der Waals surface area contributed by atoms with Gasteiger partial charge in [0.05, 0.1) is 5.92 Å². The van der Waals surface area contributed by atoms with Crippen LogP contribution in [0.15, 0.2) is 24.3 Å². The number of benzene rings is 1. The summed E-state index contributed by atoms with van der Waals surface area (Å²) in [6.07, 6.45) is 0. The van der Waals surface area contributed by atoms with Gasteiger partial charge in [-0.2, -0.15) is 0 Å². The first-order valence-electron chi connectivity index (χ1n) is 3.90. The smallest absolute Gasteiger partial charge is 0.226 e. The van der Waals surface area contributed by atoms with Crippen LogP contribution in [0.5, 0.6) is 0 Å². The van der Waals surface area contributed by atoms with Crippen LogP contribution in [0.25, 0.3) is 0 Å². The normalized spacial score (nSPS) is 12.5. The first-order valence-corrected chi connectivity index (χ1v) is 3.90. The van der Waals surface area contributed by atoms with Crippen molar-refractivity contribution in [2.24, 2.45) is 11.5 Å². The third-order valence-electron chi connectivity index (χ3n) is 1.83. The molecule has 0 saturated carbocycles. The molecule has 0 saturated heterocycles. The van der Waals surface area contributed by atoms with Crippen LogP contribution in [-0.4, -0.2) is 12.5 Å². The second kappa shape index (κ2) is 4.00. The number of nitrogens with two attached hydrogens (primary N) is 2. The maximum absolute atomic E-state index is 12.7. The van der Waals surface area contributed by atoms with Crippen molar-refractivity contribution < 1.29 is 9.18 Å². The van der Waals surface area contributed by atoms with E-state index in [4.69, 9.17) is 11.5 Å². The Labute approximate surface area is 75.5 Å². The zero-order valence-electron chi connectivity index (χ0n) is 7.03. The second-order valence-electron chi connectivity index (χ2n) is 2.75. The molecule has 1 unspecified atom stereocenters. The molecule has 13 heavy (non-hydrogen) atoms. The summed E-state index contributed by atoms with van der Waals surface area (Å²) in [5.74, 6) is -1.53. The van der Waals surface area contributed by atoms with E-state index in [9.17, 15) is 9.18 Å². The summed E-state index contributed by atoms with van der Waals surface area (Å²) in [6, 6.07) is 5.72. The van der Waals surface area contributed by atoms with Crippen LogP contribution >= 0.6 is 0 Å². The summed E-state index contributed by atoms with van der Waals surface area (Å²) in [5, 5.41) is 0. The predicted octanol–water partition coefficient (Wildman–Crippen LogP) is 0.353. The molecule has 0 aliphatic heterocycles. The van der Waals surface area contributed by atoms with Gasteiger partial charge in [0, 0.05) is 6.54 Å². The molecule has 1 rings (SSSR count). The number of halogens is 1. The molecule has 70 valence electrons. The number of hydrogen-bond donors (Lipinski definition) is 2. The van der Waals surface area contributed by atoms with E-state index in [-0.39, 0.29) is 6.54 Å². The molecule has 1 aromatic rings. The highest BCUT2D eigenvalue weighted by molar-refractivity contribution is 5.82. The van der Waals surface area contributed by atoms with Crippen molar-refractivity contribution in [2.75, 3.05) is 6.54 Å². The van der Waals surface area contributed by atoms with Gasteiger partial charge in [-0.15, -0.1) is 0 Å². The molecule has 1 aromatic carbocycles. The third kappa shape index (κ3) is 2.26. The van der Waals surface area contributed by atoms with E-state index in [1.54, 1.807) is 6.07 Å². The van der Waals surface area contributed by atoms with Gasteiger partial charge in [0.2, 0.25) is 5.91 Å². The summed E-state index contributed by atoms with van der Waals surface area (Å²) < 4.78 is 12.7. The van der Waals surface area contributed by atoms with Crippen molar-refractivity contribution in [2.45, 2.75) is 5.92 Å². The Balaban J connectivity index is 2.98. The standard InChI is InChI=1S/C9H11FN2O/c10-7-3-1-2-6(4-7)8(5-11)9(12)13/h1-4,8H,5,11H2,(H2,12,13). The molecule has 1 atom stereocenters. The van der Waals surface area contributed by atoms with Crippen molar-refractivity contribution >= 4 is 5.91 Å². The van der Waals surface area contributed by atoms with Gasteiger partial charge in [-0.1, -0.05) is 12.1 Å². The maximum atomic E-state index is 12.7. The molecule has 0 aliphatic carbocycles. The molecule has 0 heterocycles. The van der Waals surface area contributed by atoms with E-state index in [1.807, 2.05) is 0 Å². The van der Waals surface area contributed by atoms with Gasteiger partial charge in [-0.25, -0.2) is 4.39 Å². The number of amides is 1. The summed E-state index contributed by atoms with van der Waals surface area (Å²) >= 11 is 0. The lowest BCUT2D eigenvalue weighted by Gasteiger charge is -2.10. The molecule has 4 N–H and O–H groups in total. The highest BCUT2D eigenvalue weighted by Crippen LogP contribution is 2.14. The maximum Gasteiger partial charge on any atom is 0.226 e. The van der Waals surface area contributed by atoms with Gasteiger partial charge in [-0.05, 0) is 17.7 Å². The van der Waals surface area contributed by atoms with Gasteiger partial charge in [0.15, 0.2) is 0 Å². The monoisotopic (exact) mass is 182 g/mol. The second-order valence-corrected chi connectivity index (χ2v) is 2.75. The van der Waals surface area contributed by atoms with E-state index in [0.29, 0.717) is 5.56 Å². The molecule has 0 aliphatic rings. The Morgan fingerprint density at radius 3 is 2.69 bits per heavy atom. The Morgan fingerprint density at radius 1 is 1.54 bits per heavy atom. The minimum absolute atomic E-state index is 0.0960. The van der Waals surface area contributed by atoms with Crippen LogP contribution in [0.1, 0.15) is 11.5 Å². The molecule has 0 aromatic heterocycles. The SMILES string of the molecule is NCC(C(N)=O)c1cccc(F)c1. The molecule has 3 nitrogen and oxygen atoms in total. The van der Waals surface area contributed by atoms with Gasteiger partial charge >= 0.3 is 0 Å². The topological polar surface area (TPSA) is 69.1 Å². The largest absolute Gasteiger partial charge is 0.369 e. The van der Waals surface area contributed by atoms with Crippen LogP contribution < -0.4 is 11.5 Å². The third-order valence-corrected chi connectivity index (χ3v) is 1.83. The van der Waals surface area contributed by atoms with Crippen molar-refractivity contribution in [3.63, 3.8) is 0 Å². The number of carbonyl (C=O) groups excluding carboxylic acids is 1. The minimum atomic E-state index is -0.601. The number of carbonyl (C=O) groups is 1. The van der Waals surface area contributed by atoms with Gasteiger partial charge in [0.1, 0.15) is 5.82 Å². The summed E-state index contributed by atoms with van der Waals surface area (Å²) in [7, 11) is 0. The lowest BCUT2D eigenvalue weighted by atomic mass is 9.99. The lowest BCUT2D eigenvalue weighted by Crippen LogP contribution is -2.27. The Morgan fingerprint density at radius 2 is 2.23 bits per heavy atom. The van der Waals surface area contributed by atoms with Crippen LogP contribution in [0.2, 0.25) is 0 Å². The van der Waals surface area contributed by atoms with Crippen LogP contribution in [-0.2, 0) is 4.79 Å². The Bertz CT molecular complexity index is 314. The van der Waals surface area contributed by atoms with Gasteiger partial charge in [-0.3, -0.25) is 4.79 Å². The number of hydrogen-bond acceptors (Lipinski definition) is 2. The van der Waals surface area contributed by atoms with Gasteiger partial charge < -0.3 is 11.5 Å². The summed E-state index contributed by atoms with van der Waals surface area (Å²) in [4.78, 5) is 10.9. The van der Waals surface area contributed by atoms with E-state index in [2.05, 4.69) is 0 Å². The zero-order chi connectivity index (χ0) is 9.84. The summed E-state index contributed by atoms with van der Waals surface area (Å²) in [5.41, 5.74) is 10.9. The zero-order valence-corrected chi connectivity index (χ0v) is 7.03. The fourth-order valence-electron chi connectivity index (χ4n) is 1.14. The van der Waals surface area contributed by atoms with Crippen molar-refractivity contribution in [1.29, 1.82) is 0 Å². The molecular formula is C9H11FN2O.